The SMILES string of the molecule is CN(C1CCCCCC1)[C@@H]1CCC[C@H]1O. The first-order chi connectivity index (χ1) is 7.29. The van der Waals surface area contributed by atoms with Gasteiger partial charge in [-0.2, -0.15) is 0 Å². The summed E-state index contributed by atoms with van der Waals surface area (Å²) < 4.78 is 0. The van der Waals surface area contributed by atoms with E-state index in [-0.39, 0.29) is 6.10 Å². The van der Waals surface area contributed by atoms with Crippen molar-refractivity contribution in [3.8, 4) is 0 Å². The molecule has 2 aliphatic carbocycles. The largest absolute Gasteiger partial charge is 0.391 e. The number of likely N-dealkylation sites (N-methyl/N-ethyl adjacent to an activating group) is 1. The average molecular weight is 211 g/mol. The van der Waals surface area contributed by atoms with Gasteiger partial charge in [-0.25, -0.2) is 0 Å². The van der Waals surface area contributed by atoms with Crippen LogP contribution in [0.3, 0.4) is 0 Å². The maximum Gasteiger partial charge on any atom is 0.0695 e. The fourth-order valence-electron chi connectivity index (χ4n) is 3.33. The van der Waals surface area contributed by atoms with Gasteiger partial charge < -0.3 is 5.11 Å². The topological polar surface area (TPSA) is 23.5 Å². The molecular formula is C13H25NO. The molecule has 0 aromatic carbocycles. The van der Waals surface area contributed by atoms with E-state index in [1.807, 2.05) is 0 Å². The van der Waals surface area contributed by atoms with Crippen molar-refractivity contribution in [2.45, 2.75) is 76.0 Å². The molecule has 0 saturated heterocycles. The van der Waals surface area contributed by atoms with Crippen LogP contribution in [0.25, 0.3) is 0 Å². The molecule has 2 atom stereocenters. The Labute approximate surface area is 93.7 Å². The molecule has 0 aromatic heterocycles. The molecule has 15 heavy (non-hydrogen) atoms. The van der Waals surface area contributed by atoms with Gasteiger partial charge >= 0.3 is 0 Å². The molecule has 2 nitrogen and oxygen atoms in total. The number of nitrogens with zero attached hydrogens (tertiary/aromatic N) is 1. The van der Waals surface area contributed by atoms with E-state index in [1.165, 1.54) is 51.4 Å². The molecule has 0 bridgehead atoms. The van der Waals surface area contributed by atoms with Crippen LogP contribution in [0.1, 0.15) is 57.8 Å². The Hall–Kier alpha value is -0.0800. The predicted octanol–water partition coefficient (Wildman–Crippen LogP) is 2.55. The second-order valence-electron chi connectivity index (χ2n) is 5.38. The number of aliphatic hydroxyl groups excluding tert-OH is 1. The fourth-order valence-corrected chi connectivity index (χ4v) is 3.33. The molecule has 0 heterocycles. The van der Waals surface area contributed by atoms with Crippen LogP contribution in [0.4, 0.5) is 0 Å². The summed E-state index contributed by atoms with van der Waals surface area (Å²) in [7, 11) is 2.23. The zero-order valence-corrected chi connectivity index (χ0v) is 9.99. The van der Waals surface area contributed by atoms with Crippen molar-refractivity contribution in [1.82, 2.24) is 4.90 Å². The van der Waals surface area contributed by atoms with Crippen molar-refractivity contribution in [2.24, 2.45) is 0 Å². The molecule has 2 saturated carbocycles. The van der Waals surface area contributed by atoms with E-state index < -0.39 is 0 Å². The average Bonchev–Trinajstić information content (AvgIpc) is 2.53. The quantitative estimate of drug-likeness (QED) is 0.710. The van der Waals surface area contributed by atoms with E-state index in [2.05, 4.69) is 11.9 Å². The predicted molar refractivity (Wildman–Crippen MR) is 62.9 cm³/mol. The van der Waals surface area contributed by atoms with E-state index in [4.69, 9.17) is 0 Å². The molecule has 2 heteroatoms. The molecular weight excluding hydrogens is 186 g/mol. The Morgan fingerprint density at radius 1 is 0.867 bits per heavy atom. The van der Waals surface area contributed by atoms with Gasteiger partial charge in [0.15, 0.2) is 0 Å². The van der Waals surface area contributed by atoms with E-state index in [0.29, 0.717) is 6.04 Å². The monoisotopic (exact) mass is 211 g/mol. The molecule has 0 aromatic rings. The first kappa shape index (κ1) is 11.4. The Bertz CT molecular complexity index is 187. The summed E-state index contributed by atoms with van der Waals surface area (Å²) in [4.78, 5) is 2.49. The summed E-state index contributed by atoms with van der Waals surface area (Å²) in [5.74, 6) is 0. The Balaban J connectivity index is 1.90. The molecule has 2 aliphatic rings. The van der Waals surface area contributed by atoms with Crippen LogP contribution in [-0.4, -0.2) is 35.2 Å². The van der Waals surface area contributed by atoms with Crippen molar-refractivity contribution in [3.05, 3.63) is 0 Å². The number of hydrogen-bond donors (Lipinski definition) is 1. The zero-order valence-electron chi connectivity index (χ0n) is 9.99. The number of aliphatic hydroxyl groups is 1. The molecule has 0 unspecified atom stereocenters. The summed E-state index contributed by atoms with van der Waals surface area (Å²) in [6.45, 7) is 0. The second kappa shape index (κ2) is 5.31. The van der Waals surface area contributed by atoms with Crippen LogP contribution in [-0.2, 0) is 0 Å². The summed E-state index contributed by atoms with van der Waals surface area (Å²) in [5, 5.41) is 9.92. The lowest BCUT2D eigenvalue weighted by Gasteiger charge is -2.34. The minimum atomic E-state index is -0.0572. The van der Waals surface area contributed by atoms with E-state index in [0.717, 1.165) is 12.5 Å². The van der Waals surface area contributed by atoms with Crippen LogP contribution < -0.4 is 0 Å². The van der Waals surface area contributed by atoms with Gasteiger partial charge in [0.05, 0.1) is 6.10 Å². The molecule has 0 spiro atoms. The number of hydrogen-bond acceptors (Lipinski definition) is 2. The summed E-state index contributed by atoms with van der Waals surface area (Å²) in [6, 6.07) is 1.19. The van der Waals surface area contributed by atoms with Gasteiger partial charge in [-0.3, -0.25) is 4.90 Å². The first-order valence-corrected chi connectivity index (χ1v) is 6.69. The number of rotatable bonds is 2. The standard InChI is InChI=1S/C13H25NO/c1-14(12-9-6-10-13(12)15)11-7-4-2-3-5-8-11/h11-13,15H,2-10H2,1H3/t12-,13-/m1/s1. The summed E-state index contributed by atoms with van der Waals surface area (Å²) in [6.07, 6.45) is 11.7. The molecule has 2 fully saturated rings. The Kier molecular flexibility index (Phi) is 4.04. The molecule has 2 rings (SSSR count). The highest BCUT2D eigenvalue weighted by Gasteiger charge is 2.32. The van der Waals surface area contributed by atoms with Crippen LogP contribution in [0.15, 0.2) is 0 Å². The third kappa shape index (κ3) is 2.73. The third-order valence-corrected chi connectivity index (χ3v) is 4.37. The summed E-state index contributed by atoms with van der Waals surface area (Å²) >= 11 is 0. The molecule has 1 N–H and O–H groups in total. The Morgan fingerprint density at radius 2 is 1.53 bits per heavy atom. The minimum absolute atomic E-state index is 0.0572. The maximum absolute atomic E-state index is 9.92. The van der Waals surface area contributed by atoms with Crippen molar-refractivity contribution in [2.75, 3.05) is 7.05 Å². The van der Waals surface area contributed by atoms with Gasteiger partial charge in [-0.1, -0.05) is 25.7 Å². The third-order valence-electron chi connectivity index (χ3n) is 4.37. The van der Waals surface area contributed by atoms with Crippen LogP contribution in [0.2, 0.25) is 0 Å². The maximum atomic E-state index is 9.92. The smallest absolute Gasteiger partial charge is 0.0695 e. The molecule has 88 valence electrons. The highest BCUT2D eigenvalue weighted by molar-refractivity contribution is 4.87. The second-order valence-corrected chi connectivity index (χ2v) is 5.38. The zero-order chi connectivity index (χ0) is 10.7. The van der Waals surface area contributed by atoms with Crippen molar-refractivity contribution >= 4 is 0 Å². The van der Waals surface area contributed by atoms with Crippen molar-refractivity contribution in [3.63, 3.8) is 0 Å². The van der Waals surface area contributed by atoms with E-state index in [1.54, 1.807) is 0 Å². The van der Waals surface area contributed by atoms with Crippen molar-refractivity contribution in [1.29, 1.82) is 0 Å². The molecule has 0 aliphatic heterocycles. The van der Waals surface area contributed by atoms with Gasteiger partial charge in [0.25, 0.3) is 0 Å². The summed E-state index contributed by atoms with van der Waals surface area (Å²) in [5.41, 5.74) is 0. The molecule has 0 radical (unpaired) electrons. The van der Waals surface area contributed by atoms with E-state index in [9.17, 15) is 5.11 Å². The minimum Gasteiger partial charge on any atom is -0.391 e. The van der Waals surface area contributed by atoms with Gasteiger partial charge in [0.2, 0.25) is 0 Å². The fraction of sp³-hybridized carbons (Fsp3) is 1.00. The Morgan fingerprint density at radius 3 is 2.07 bits per heavy atom. The van der Waals surface area contributed by atoms with Gasteiger partial charge in [0, 0.05) is 12.1 Å². The normalized spacial score (nSPS) is 34.6. The highest BCUT2D eigenvalue weighted by atomic mass is 16.3. The van der Waals surface area contributed by atoms with E-state index >= 15 is 0 Å². The molecule has 0 amide bonds. The lowest BCUT2D eigenvalue weighted by atomic mass is 10.0. The van der Waals surface area contributed by atoms with Crippen molar-refractivity contribution < 1.29 is 5.11 Å². The highest BCUT2D eigenvalue weighted by Crippen LogP contribution is 2.29. The van der Waals surface area contributed by atoms with Crippen LogP contribution >= 0.6 is 0 Å². The van der Waals surface area contributed by atoms with Gasteiger partial charge in [0.1, 0.15) is 0 Å². The van der Waals surface area contributed by atoms with Crippen LogP contribution in [0.5, 0.6) is 0 Å². The lowest BCUT2D eigenvalue weighted by molar-refractivity contribution is 0.0567. The van der Waals surface area contributed by atoms with Crippen LogP contribution in [0, 0.1) is 0 Å². The van der Waals surface area contributed by atoms with Gasteiger partial charge in [-0.15, -0.1) is 0 Å². The lowest BCUT2D eigenvalue weighted by Crippen LogP contribution is -2.44. The first-order valence-electron chi connectivity index (χ1n) is 6.69. The van der Waals surface area contributed by atoms with Gasteiger partial charge in [-0.05, 0) is 39.2 Å².